The van der Waals surface area contributed by atoms with Gasteiger partial charge in [0, 0.05) is 19.2 Å². The fraction of sp³-hybridized carbons (Fsp3) is 0.417. The molecule has 0 saturated heterocycles. The number of rotatable bonds is 4. The number of hydrogen-bond acceptors (Lipinski definition) is 3. The summed E-state index contributed by atoms with van der Waals surface area (Å²) in [6.07, 6.45) is 0. The van der Waals surface area contributed by atoms with E-state index in [4.69, 9.17) is 0 Å². The molecule has 0 heterocycles. The minimum atomic E-state index is -0.899. The average molecular weight is 258 g/mol. The SMILES string of the molecule is CON(C)C(=O)c1c(F)ccc(CN(C)C)c1F. The minimum Gasteiger partial charge on any atom is -0.305 e. The van der Waals surface area contributed by atoms with Crippen molar-refractivity contribution in [1.29, 1.82) is 0 Å². The summed E-state index contributed by atoms with van der Waals surface area (Å²) >= 11 is 0. The number of carbonyl (C=O) groups excluding carboxylic acids is 1. The summed E-state index contributed by atoms with van der Waals surface area (Å²) in [6.45, 7) is 0.281. The van der Waals surface area contributed by atoms with Gasteiger partial charge in [-0.25, -0.2) is 13.8 Å². The third-order valence-electron chi connectivity index (χ3n) is 2.43. The van der Waals surface area contributed by atoms with E-state index in [1.165, 1.54) is 20.2 Å². The lowest BCUT2D eigenvalue weighted by molar-refractivity contribution is -0.0762. The second kappa shape index (κ2) is 5.88. The summed E-state index contributed by atoms with van der Waals surface area (Å²) in [5.41, 5.74) is -0.340. The van der Waals surface area contributed by atoms with Crippen LogP contribution in [0.15, 0.2) is 12.1 Å². The molecular weight excluding hydrogens is 242 g/mol. The fourth-order valence-corrected chi connectivity index (χ4v) is 1.49. The quantitative estimate of drug-likeness (QED) is 0.770. The van der Waals surface area contributed by atoms with Gasteiger partial charge in [0.05, 0.1) is 7.11 Å². The summed E-state index contributed by atoms with van der Waals surface area (Å²) in [5, 5.41) is 0.779. The molecule has 0 aromatic heterocycles. The highest BCUT2D eigenvalue weighted by Gasteiger charge is 2.23. The van der Waals surface area contributed by atoms with Gasteiger partial charge >= 0.3 is 0 Å². The first kappa shape index (κ1) is 14.5. The van der Waals surface area contributed by atoms with Gasteiger partial charge in [-0.05, 0) is 20.2 Å². The standard InChI is InChI=1S/C12H16F2N2O2/c1-15(2)7-8-5-6-9(13)10(11(8)14)12(17)16(3)18-4/h5-6H,7H2,1-4H3. The third kappa shape index (κ3) is 3.02. The lowest BCUT2D eigenvalue weighted by Crippen LogP contribution is -2.28. The number of hydrogen-bond donors (Lipinski definition) is 0. The molecule has 4 nitrogen and oxygen atoms in total. The molecule has 0 N–H and O–H groups in total. The largest absolute Gasteiger partial charge is 0.305 e. The maximum Gasteiger partial charge on any atom is 0.283 e. The molecule has 1 aromatic carbocycles. The first-order valence-corrected chi connectivity index (χ1v) is 5.32. The number of carbonyl (C=O) groups is 1. The minimum absolute atomic E-state index is 0.259. The molecule has 18 heavy (non-hydrogen) atoms. The Morgan fingerprint density at radius 2 is 1.89 bits per heavy atom. The molecular formula is C12H16F2N2O2. The highest BCUT2D eigenvalue weighted by Crippen LogP contribution is 2.19. The van der Waals surface area contributed by atoms with E-state index in [1.807, 2.05) is 0 Å². The van der Waals surface area contributed by atoms with Gasteiger partial charge in [-0.2, -0.15) is 0 Å². The second-order valence-corrected chi connectivity index (χ2v) is 4.12. The Balaban J connectivity index is 3.22. The van der Waals surface area contributed by atoms with Crippen molar-refractivity contribution in [3.8, 4) is 0 Å². The summed E-state index contributed by atoms with van der Waals surface area (Å²) < 4.78 is 27.6. The lowest BCUT2D eigenvalue weighted by Gasteiger charge is -2.17. The summed E-state index contributed by atoms with van der Waals surface area (Å²) in [5.74, 6) is -2.60. The van der Waals surface area contributed by atoms with Gasteiger partial charge in [-0.3, -0.25) is 9.63 Å². The molecule has 6 heteroatoms. The van der Waals surface area contributed by atoms with Crippen LogP contribution in [0.25, 0.3) is 0 Å². The van der Waals surface area contributed by atoms with E-state index in [-0.39, 0.29) is 12.1 Å². The summed E-state index contributed by atoms with van der Waals surface area (Å²) in [6, 6.07) is 2.41. The Labute approximate surface area is 105 Å². The average Bonchev–Trinajstić information content (AvgIpc) is 2.31. The van der Waals surface area contributed by atoms with Crippen molar-refractivity contribution >= 4 is 5.91 Å². The molecule has 0 saturated carbocycles. The van der Waals surface area contributed by atoms with Crippen LogP contribution >= 0.6 is 0 Å². The highest BCUT2D eigenvalue weighted by atomic mass is 19.1. The van der Waals surface area contributed by atoms with Crippen LogP contribution < -0.4 is 0 Å². The molecule has 0 atom stereocenters. The van der Waals surface area contributed by atoms with Gasteiger partial charge in [0.15, 0.2) is 0 Å². The molecule has 100 valence electrons. The lowest BCUT2D eigenvalue weighted by atomic mass is 10.1. The van der Waals surface area contributed by atoms with E-state index in [0.717, 1.165) is 11.1 Å². The van der Waals surface area contributed by atoms with Crippen molar-refractivity contribution in [2.45, 2.75) is 6.54 Å². The molecule has 0 aliphatic rings. The summed E-state index contributed by atoms with van der Waals surface area (Å²) in [7, 11) is 6.05. The van der Waals surface area contributed by atoms with E-state index in [2.05, 4.69) is 4.84 Å². The fourth-order valence-electron chi connectivity index (χ4n) is 1.49. The predicted octanol–water partition coefficient (Wildman–Crippen LogP) is 1.66. The van der Waals surface area contributed by atoms with Crippen LogP contribution in [-0.2, 0) is 11.4 Å². The van der Waals surface area contributed by atoms with E-state index in [9.17, 15) is 13.6 Å². The maximum absolute atomic E-state index is 14.1. The molecule has 0 bridgehead atoms. The predicted molar refractivity (Wildman–Crippen MR) is 62.9 cm³/mol. The zero-order chi connectivity index (χ0) is 13.9. The van der Waals surface area contributed by atoms with Crippen LogP contribution in [0.4, 0.5) is 8.78 Å². The van der Waals surface area contributed by atoms with Crippen molar-refractivity contribution in [3.05, 3.63) is 34.9 Å². The Morgan fingerprint density at radius 3 is 2.39 bits per heavy atom. The van der Waals surface area contributed by atoms with Crippen LogP contribution in [0.2, 0.25) is 0 Å². The van der Waals surface area contributed by atoms with Gasteiger partial charge in [0.2, 0.25) is 0 Å². The smallest absolute Gasteiger partial charge is 0.283 e. The molecule has 0 unspecified atom stereocenters. The van der Waals surface area contributed by atoms with Crippen LogP contribution in [0, 0.1) is 11.6 Å². The number of nitrogens with zero attached hydrogens (tertiary/aromatic N) is 2. The van der Waals surface area contributed by atoms with Crippen molar-refractivity contribution in [2.24, 2.45) is 0 Å². The molecule has 1 amide bonds. The Morgan fingerprint density at radius 1 is 1.28 bits per heavy atom. The number of benzene rings is 1. The Hall–Kier alpha value is -1.53. The normalized spacial score (nSPS) is 10.8. The number of hydroxylamine groups is 2. The molecule has 0 fully saturated rings. The topological polar surface area (TPSA) is 32.8 Å². The molecule has 0 aliphatic carbocycles. The van der Waals surface area contributed by atoms with Gasteiger partial charge in [0.25, 0.3) is 5.91 Å². The van der Waals surface area contributed by atoms with E-state index in [1.54, 1.807) is 19.0 Å². The van der Waals surface area contributed by atoms with Crippen LogP contribution in [0.5, 0.6) is 0 Å². The zero-order valence-electron chi connectivity index (χ0n) is 10.8. The van der Waals surface area contributed by atoms with E-state index >= 15 is 0 Å². The second-order valence-electron chi connectivity index (χ2n) is 4.12. The molecule has 1 rings (SSSR count). The monoisotopic (exact) mass is 258 g/mol. The first-order valence-electron chi connectivity index (χ1n) is 5.32. The van der Waals surface area contributed by atoms with Crippen LogP contribution in [-0.4, -0.2) is 44.1 Å². The Kier molecular flexibility index (Phi) is 4.75. The number of amides is 1. The molecule has 0 spiro atoms. The van der Waals surface area contributed by atoms with Crippen molar-refractivity contribution in [1.82, 2.24) is 9.96 Å². The van der Waals surface area contributed by atoms with Gasteiger partial charge in [-0.1, -0.05) is 6.07 Å². The van der Waals surface area contributed by atoms with Crippen molar-refractivity contribution in [3.63, 3.8) is 0 Å². The van der Waals surface area contributed by atoms with Gasteiger partial charge in [0.1, 0.15) is 17.2 Å². The first-order chi connectivity index (χ1) is 8.38. The molecule has 1 aromatic rings. The number of halogens is 2. The van der Waals surface area contributed by atoms with Gasteiger partial charge in [-0.15, -0.1) is 0 Å². The van der Waals surface area contributed by atoms with Crippen molar-refractivity contribution in [2.75, 3.05) is 28.3 Å². The third-order valence-corrected chi connectivity index (χ3v) is 2.43. The van der Waals surface area contributed by atoms with Gasteiger partial charge < -0.3 is 4.90 Å². The highest BCUT2D eigenvalue weighted by molar-refractivity contribution is 5.94. The molecule has 0 radical (unpaired) electrons. The molecule has 0 aliphatic heterocycles. The van der Waals surface area contributed by atoms with Crippen LogP contribution in [0.1, 0.15) is 15.9 Å². The zero-order valence-corrected chi connectivity index (χ0v) is 10.8. The van der Waals surface area contributed by atoms with E-state index < -0.39 is 23.1 Å². The summed E-state index contributed by atoms with van der Waals surface area (Å²) in [4.78, 5) is 18.1. The Bertz CT molecular complexity index is 450. The van der Waals surface area contributed by atoms with Crippen molar-refractivity contribution < 1.29 is 18.4 Å². The van der Waals surface area contributed by atoms with E-state index in [0.29, 0.717) is 0 Å². The van der Waals surface area contributed by atoms with Crippen LogP contribution in [0.3, 0.4) is 0 Å². The maximum atomic E-state index is 14.1.